The number of aryl methyl sites for hydroxylation is 2. The Kier molecular flexibility index (Phi) is 4.25. The molecule has 0 aliphatic carbocycles. The van der Waals surface area contributed by atoms with Crippen LogP contribution in [0.3, 0.4) is 0 Å². The summed E-state index contributed by atoms with van der Waals surface area (Å²) >= 11 is 1.74. The van der Waals surface area contributed by atoms with Gasteiger partial charge in [-0.3, -0.25) is 0 Å². The first kappa shape index (κ1) is 12.6. The van der Waals surface area contributed by atoms with Gasteiger partial charge in [-0.05, 0) is 13.8 Å². The maximum absolute atomic E-state index is 9.10. The van der Waals surface area contributed by atoms with Gasteiger partial charge in [-0.25, -0.2) is 4.98 Å². The van der Waals surface area contributed by atoms with Gasteiger partial charge < -0.3 is 10.4 Å². The second-order valence-electron chi connectivity index (χ2n) is 4.67. The van der Waals surface area contributed by atoms with Crippen molar-refractivity contribution in [1.82, 2.24) is 10.3 Å². The predicted molar refractivity (Wildman–Crippen MR) is 64.2 cm³/mol. The van der Waals surface area contributed by atoms with Crippen molar-refractivity contribution in [2.45, 2.75) is 34.2 Å². The summed E-state index contributed by atoms with van der Waals surface area (Å²) < 4.78 is 0. The lowest BCUT2D eigenvalue weighted by Gasteiger charge is -2.21. The Hall–Kier alpha value is -0.450. The van der Waals surface area contributed by atoms with Gasteiger partial charge in [-0.2, -0.15) is 0 Å². The SMILES string of the molecule is Cc1nc(C)c(CNCC(C)(C)CO)s1. The minimum Gasteiger partial charge on any atom is -0.396 e. The molecule has 3 nitrogen and oxygen atoms in total. The van der Waals surface area contributed by atoms with E-state index >= 15 is 0 Å². The summed E-state index contributed by atoms with van der Waals surface area (Å²) in [6.07, 6.45) is 0. The van der Waals surface area contributed by atoms with Crippen LogP contribution >= 0.6 is 11.3 Å². The fourth-order valence-electron chi connectivity index (χ4n) is 1.31. The van der Waals surface area contributed by atoms with E-state index in [2.05, 4.69) is 10.3 Å². The number of hydrogen-bond donors (Lipinski definition) is 2. The van der Waals surface area contributed by atoms with Gasteiger partial charge in [0.25, 0.3) is 0 Å². The van der Waals surface area contributed by atoms with Gasteiger partial charge in [-0.1, -0.05) is 13.8 Å². The summed E-state index contributed by atoms with van der Waals surface area (Å²) in [7, 11) is 0. The summed E-state index contributed by atoms with van der Waals surface area (Å²) in [4.78, 5) is 5.67. The molecule has 0 saturated carbocycles. The van der Waals surface area contributed by atoms with Crippen molar-refractivity contribution in [1.29, 1.82) is 0 Å². The van der Waals surface area contributed by atoms with Crippen molar-refractivity contribution < 1.29 is 5.11 Å². The number of aliphatic hydroxyl groups is 1. The topological polar surface area (TPSA) is 45.2 Å². The Bertz CT molecular complexity index is 320. The molecule has 0 amide bonds. The number of nitrogens with one attached hydrogen (secondary N) is 1. The Morgan fingerprint density at radius 1 is 1.40 bits per heavy atom. The maximum Gasteiger partial charge on any atom is 0.0900 e. The molecule has 0 spiro atoms. The summed E-state index contributed by atoms with van der Waals surface area (Å²) in [5, 5.41) is 13.6. The number of nitrogens with zero attached hydrogens (tertiary/aromatic N) is 1. The molecule has 86 valence electrons. The molecule has 0 fully saturated rings. The van der Waals surface area contributed by atoms with Crippen LogP contribution in [0.1, 0.15) is 29.4 Å². The highest BCUT2D eigenvalue weighted by molar-refractivity contribution is 7.11. The number of thiazole rings is 1. The van der Waals surface area contributed by atoms with Crippen LogP contribution in [0, 0.1) is 19.3 Å². The smallest absolute Gasteiger partial charge is 0.0900 e. The fourth-order valence-corrected chi connectivity index (χ4v) is 2.21. The van der Waals surface area contributed by atoms with Gasteiger partial charge in [-0.15, -0.1) is 11.3 Å². The average Bonchev–Trinajstić information content (AvgIpc) is 2.45. The minimum atomic E-state index is -0.0480. The van der Waals surface area contributed by atoms with Gasteiger partial charge in [0.15, 0.2) is 0 Å². The maximum atomic E-state index is 9.10. The zero-order chi connectivity index (χ0) is 11.5. The van der Waals surface area contributed by atoms with E-state index in [1.54, 1.807) is 11.3 Å². The molecule has 0 atom stereocenters. The lowest BCUT2D eigenvalue weighted by atomic mass is 9.95. The molecule has 0 aliphatic rings. The molecule has 0 unspecified atom stereocenters. The molecule has 0 bridgehead atoms. The highest BCUT2D eigenvalue weighted by atomic mass is 32.1. The number of aliphatic hydroxyl groups excluding tert-OH is 1. The first-order valence-electron chi connectivity index (χ1n) is 5.19. The van der Waals surface area contributed by atoms with Crippen LogP contribution in [0.4, 0.5) is 0 Å². The Morgan fingerprint density at radius 2 is 2.07 bits per heavy atom. The van der Waals surface area contributed by atoms with Gasteiger partial charge in [0, 0.05) is 30.0 Å². The van der Waals surface area contributed by atoms with Crippen LogP contribution in [0.25, 0.3) is 0 Å². The molecule has 1 aromatic rings. The molecule has 4 heteroatoms. The van der Waals surface area contributed by atoms with Gasteiger partial charge in [0.05, 0.1) is 10.7 Å². The Morgan fingerprint density at radius 3 is 2.53 bits per heavy atom. The van der Waals surface area contributed by atoms with Crippen LogP contribution in [-0.2, 0) is 6.54 Å². The zero-order valence-corrected chi connectivity index (χ0v) is 10.7. The predicted octanol–water partition coefficient (Wildman–Crippen LogP) is 1.87. The molecule has 15 heavy (non-hydrogen) atoms. The second kappa shape index (κ2) is 5.05. The largest absolute Gasteiger partial charge is 0.396 e. The fraction of sp³-hybridized carbons (Fsp3) is 0.727. The van der Waals surface area contributed by atoms with E-state index in [0.29, 0.717) is 0 Å². The summed E-state index contributed by atoms with van der Waals surface area (Å²) in [6, 6.07) is 0. The first-order valence-corrected chi connectivity index (χ1v) is 6.01. The average molecular weight is 228 g/mol. The van der Waals surface area contributed by atoms with E-state index in [1.165, 1.54) is 4.88 Å². The van der Waals surface area contributed by atoms with Crippen molar-refractivity contribution in [3.8, 4) is 0 Å². The van der Waals surface area contributed by atoms with E-state index < -0.39 is 0 Å². The molecule has 1 heterocycles. The third kappa shape index (κ3) is 3.89. The molecular weight excluding hydrogens is 208 g/mol. The standard InChI is InChI=1S/C11H20N2OS/c1-8-10(15-9(2)13-8)5-12-6-11(3,4)7-14/h12,14H,5-7H2,1-4H3. The molecule has 0 radical (unpaired) electrons. The first-order chi connectivity index (χ1) is 6.94. The number of hydrogen-bond acceptors (Lipinski definition) is 4. The molecule has 2 N–H and O–H groups in total. The minimum absolute atomic E-state index is 0.0480. The lowest BCUT2D eigenvalue weighted by Crippen LogP contribution is -2.31. The van der Waals surface area contributed by atoms with E-state index in [9.17, 15) is 0 Å². The van der Waals surface area contributed by atoms with Crippen LogP contribution in [-0.4, -0.2) is 23.2 Å². The molecule has 1 rings (SSSR count). The quantitative estimate of drug-likeness (QED) is 0.808. The van der Waals surface area contributed by atoms with Crippen LogP contribution in [0.2, 0.25) is 0 Å². The van der Waals surface area contributed by atoms with Gasteiger partial charge >= 0.3 is 0 Å². The third-order valence-electron chi connectivity index (χ3n) is 2.32. The highest BCUT2D eigenvalue weighted by Crippen LogP contribution is 2.17. The van der Waals surface area contributed by atoms with Crippen molar-refractivity contribution in [3.63, 3.8) is 0 Å². The van der Waals surface area contributed by atoms with E-state index in [1.807, 2.05) is 27.7 Å². The second-order valence-corrected chi connectivity index (χ2v) is 5.96. The number of rotatable bonds is 5. The monoisotopic (exact) mass is 228 g/mol. The zero-order valence-electron chi connectivity index (χ0n) is 9.92. The molecule has 0 aliphatic heterocycles. The van der Waals surface area contributed by atoms with E-state index in [0.717, 1.165) is 23.8 Å². The van der Waals surface area contributed by atoms with Crippen LogP contribution < -0.4 is 5.32 Å². The molecule has 0 saturated heterocycles. The van der Waals surface area contributed by atoms with E-state index in [-0.39, 0.29) is 12.0 Å². The van der Waals surface area contributed by atoms with Crippen molar-refractivity contribution in [3.05, 3.63) is 15.6 Å². The normalized spacial score (nSPS) is 12.1. The van der Waals surface area contributed by atoms with Crippen molar-refractivity contribution >= 4 is 11.3 Å². The Labute approximate surface area is 95.6 Å². The summed E-state index contributed by atoms with van der Waals surface area (Å²) in [6.45, 7) is 10.0. The lowest BCUT2D eigenvalue weighted by molar-refractivity contribution is 0.157. The van der Waals surface area contributed by atoms with Crippen LogP contribution in [0.5, 0.6) is 0 Å². The van der Waals surface area contributed by atoms with Gasteiger partial charge in [0.1, 0.15) is 0 Å². The molecule has 1 aromatic heterocycles. The van der Waals surface area contributed by atoms with Crippen molar-refractivity contribution in [2.24, 2.45) is 5.41 Å². The third-order valence-corrected chi connectivity index (χ3v) is 3.39. The summed E-state index contributed by atoms with van der Waals surface area (Å²) in [5.74, 6) is 0. The van der Waals surface area contributed by atoms with Crippen LogP contribution in [0.15, 0.2) is 0 Å². The van der Waals surface area contributed by atoms with Crippen molar-refractivity contribution in [2.75, 3.05) is 13.2 Å². The van der Waals surface area contributed by atoms with E-state index in [4.69, 9.17) is 5.11 Å². The van der Waals surface area contributed by atoms with Gasteiger partial charge in [0.2, 0.25) is 0 Å². The Balaban J connectivity index is 2.41. The number of aromatic nitrogens is 1. The molecular formula is C11H20N2OS. The highest BCUT2D eigenvalue weighted by Gasteiger charge is 2.15. The molecule has 0 aromatic carbocycles. The summed E-state index contributed by atoms with van der Waals surface area (Å²) in [5.41, 5.74) is 1.07.